The second kappa shape index (κ2) is 11.6. The lowest BCUT2D eigenvalue weighted by Gasteiger charge is -2.09. The fourth-order valence-corrected chi connectivity index (χ4v) is 2.58. The quantitative estimate of drug-likeness (QED) is 0.431. The minimum Gasteiger partial charge on any atom is -0.481 e. The van der Waals surface area contributed by atoms with Gasteiger partial charge in [0.15, 0.2) is 5.78 Å². The number of unbranched alkanes of at least 4 members (excludes halogenated alkanes) is 3. The third-order valence-corrected chi connectivity index (χ3v) is 3.91. The monoisotopic (exact) mass is 316 g/mol. The molecule has 1 N–H and O–H groups in total. The van der Waals surface area contributed by atoms with Gasteiger partial charge >= 0.3 is 5.97 Å². The van der Waals surface area contributed by atoms with Crippen LogP contribution in [-0.4, -0.2) is 16.9 Å². The Kier molecular flexibility index (Phi) is 9.69. The molecule has 0 fully saturated rings. The highest BCUT2D eigenvalue weighted by Crippen LogP contribution is 2.26. The summed E-state index contributed by atoms with van der Waals surface area (Å²) in [6.07, 6.45) is 20.7. The highest BCUT2D eigenvalue weighted by Gasteiger charge is 2.23. The molecule has 0 bridgehead atoms. The molecule has 23 heavy (non-hydrogen) atoms. The van der Waals surface area contributed by atoms with Crippen LogP contribution in [0.5, 0.6) is 0 Å². The average molecular weight is 316 g/mol. The molecule has 3 nitrogen and oxygen atoms in total. The summed E-state index contributed by atoms with van der Waals surface area (Å²) in [6, 6.07) is 0. The lowest BCUT2D eigenvalue weighted by molar-refractivity contribution is -0.137. The zero-order valence-corrected chi connectivity index (χ0v) is 14.0. The maximum absolute atomic E-state index is 11.9. The van der Waals surface area contributed by atoms with E-state index in [1.807, 2.05) is 30.4 Å². The number of allylic oxidation sites excluding steroid dienone is 8. The van der Waals surface area contributed by atoms with Gasteiger partial charge in [0.05, 0.1) is 0 Å². The minimum atomic E-state index is -0.738. The smallest absolute Gasteiger partial charge is 0.303 e. The van der Waals surface area contributed by atoms with Crippen molar-refractivity contribution >= 4 is 11.8 Å². The van der Waals surface area contributed by atoms with E-state index in [1.165, 1.54) is 12.8 Å². The molecule has 0 aromatic heterocycles. The molecule has 0 unspecified atom stereocenters. The summed E-state index contributed by atoms with van der Waals surface area (Å²) in [6.45, 7) is 2.17. The first kappa shape index (κ1) is 19.1. The van der Waals surface area contributed by atoms with E-state index < -0.39 is 5.97 Å². The van der Waals surface area contributed by atoms with Gasteiger partial charge in [0.25, 0.3) is 0 Å². The Morgan fingerprint density at radius 1 is 1.17 bits per heavy atom. The number of hydrogen-bond donors (Lipinski definition) is 1. The van der Waals surface area contributed by atoms with E-state index in [-0.39, 0.29) is 18.1 Å². The molecule has 1 rings (SSSR count). The summed E-state index contributed by atoms with van der Waals surface area (Å²) in [7, 11) is 0. The molecule has 126 valence electrons. The standard InChI is InChI=1S/C20H28O3/c1-2-3-9-13-18-17(15-16-19(18)21)12-10-7-5-4-6-8-11-14-20(22)23/h4,6-7,10,12,15-16,18H,2-3,5,8-9,11,13-14H2,1H3,(H,22,23)/b6-4-,10-7+,17-12-/t18-/m0/s1. The number of ketones is 1. The zero-order valence-electron chi connectivity index (χ0n) is 14.0. The minimum absolute atomic E-state index is 0.0535. The first-order chi connectivity index (χ1) is 11.1. The van der Waals surface area contributed by atoms with E-state index in [9.17, 15) is 9.59 Å². The van der Waals surface area contributed by atoms with E-state index in [2.05, 4.69) is 13.0 Å². The molecule has 0 spiro atoms. The van der Waals surface area contributed by atoms with Crippen molar-refractivity contribution in [2.75, 3.05) is 0 Å². The molecule has 0 saturated heterocycles. The Balaban J connectivity index is 2.31. The fraction of sp³-hybridized carbons (Fsp3) is 0.500. The third kappa shape index (κ3) is 8.34. The lowest BCUT2D eigenvalue weighted by atomic mass is 9.94. The summed E-state index contributed by atoms with van der Waals surface area (Å²) < 4.78 is 0. The van der Waals surface area contributed by atoms with Crippen LogP contribution in [0.1, 0.15) is 58.3 Å². The van der Waals surface area contributed by atoms with Crippen LogP contribution in [0.4, 0.5) is 0 Å². The van der Waals surface area contributed by atoms with Crippen molar-refractivity contribution in [1.29, 1.82) is 0 Å². The van der Waals surface area contributed by atoms with Crippen LogP contribution in [0.2, 0.25) is 0 Å². The fourth-order valence-electron chi connectivity index (χ4n) is 2.58. The molecule has 1 aliphatic rings. The Hall–Kier alpha value is -1.90. The summed E-state index contributed by atoms with van der Waals surface area (Å²) >= 11 is 0. The topological polar surface area (TPSA) is 54.4 Å². The van der Waals surface area contributed by atoms with Crippen molar-refractivity contribution in [2.24, 2.45) is 5.92 Å². The number of hydrogen-bond acceptors (Lipinski definition) is 2. The molecule has 3 heteroatoms. The maximum atomic E-state index is 11.9. The maximum Gasteiger partial charge on any atom is 0.303 e. The SMILES string of the molecule is CCCCC[C@@H]1C(=O)C=C/C1=C/C=C/C/C=C\CCCC(=O)O. The Labute approximate surface area is 139 Å². The predicted octanol–water partition coefficient (Wildman–Crippen LogP) is 5.01. The van der Waals surface area contributed by atoms with Crippen molar-refractivity contribution in [1.82, 2.24) is 0 Å². The number of carboxylic acids is 1. The van der Waals surface area contributed by atoms with Gasteiger partial charge in [0.2, 0.25) is 0 Å². The lowest BCUT2D eigenvalue weighted by Crippen LogP contribution is -2.08. The normalized spacial score (nSPS) is 19.6. The van der Waals surface area contributed by atoms with E-state index >= 15 is 0 Å². The van der Waals surface area contributed by atoms with Crippen molar-refractivity contribution < 1.29 is 14.7 Å². The first-order valence-electron chi connectivity index (χ1n) is 8.60. The first-order valence-corrected chi connectivity index (χ1v) is 8.60. The highest BCUT2D eigenvalue weighted by atomic mass is 16.4. The second-order valence-corrected chi connectivity index (χ2v) is 5.87. The number of carbonyl (C=O) groups is 2. The van der Waals surface area contributed by atoms with Crippen LogP contribution in [0.15, 0.2) is 48.1 Å². The van der Waals surface area contributed by atoms with Gasteiger partial charge < -0.3 is 5.11 Å². The Morgan fingerprint density at radius 3 is 2.74 bits per heavy atom. The second-order valence-electron chi connectivity index (χ2n) is 5.87. The molecular weight excluding hydrogens is 288 g/mol. The van der Waals surface area contributed by atoms with E-state index in [0.717, 1.165) is 31.3 Å². The van der Waals surface area contributed by atoms with Gasteiger partial charge in [-0.05, 0) is 37.3 Å². The van der Waals surface area contributed by atoms with Crippen LogP contribution in [0.25, 0.3) is 0 Å². The molecule has 0 aromatic carbocycles. The number of carbonyl (C=O) groups excluding carboxylic acids is 1. The molecule has 0 aromatic rings. The van der Waals surface area contributed by atoms with Crippen LogP contribution >= 0.6 is 0 Å². The number of rotatable bonds is 11. The Bertz CT molecular complexity index is 495. The van der Waals surface area contributed by atoms with Crippen molar-refractivity contribution in [2.45, 2.75) is 58.3 Å². The highest BCUT2D eigenvalue weighted by molar-refractivity contribution is 5.98. The molecule has 0 amide bonds. The van der Waals surface area contributed by atoms with Crippen molar-refractivity contribution in [3.8, 4) is 0 Å². The van der Waals surface area contributed by atoms with Gasteiger partial charge in [0.1, 0.15) is 0 Å². The van der Waals surface area contributed by atoms with Crippen LogP contribution in [-0.2, 0) is 9.59 Å². The summed E-state index contributed by atoms with van der Waals surface area (Å²) in [5, 5.41) is 8.53. The van der Waals surface area contributed by atoms with Gasteiger partial charge in [-0.15, -0.1) is 0 Å². The average Bonchev–Trinajstić information content (AvgIpc) is 2.86. The van der Waals surface area contributed by atoms with Crippen molar-refractivity contribution in [3.05, 3.63) is 48.1 Å². The molecule has 1 atom stereocenters. The van der Waals surface area contributed by atoms with Gasteiger partial charge in [0, 0.05) is 12.3 Å². The largest absolute Gasteiger partial charge is 0.481 e. The summed E-state index contributed by atoms with van der Waals surface area (Å²) in [4.78, 5) is 22.2. The molecule has 0 aliphatic heterocycles. The number of carboxylic acid groups (broad SMARTS) is 1. The summed E-state index contributed by atoms with van der Waals surface area (Å²) in [5.74, 6) is -0.450. The van der Waals surface area contributed by atoms with Gasteiger partial charge in [-0.25, -0.2) is 0 Å². The third-order valence-electron chi connectivity index (χ3n) is 3.91. The van der Waals surface area contributed by atoms with Crippen LogP contribution in [0.3, 0.4) is 0 Å². The van der Waals surface area contributed by atoms with Gasteiger partial charge in [-0.1, -0.05) is 62.6 Å². The molecule has 0 saturated carbocycles. The van der Waals surface area contributed by atoms with E-state index in [4.69, 9.17) is 5.11 Å². The van der Waals surface area contributed by atoms with Crippen LogP contribution in [0, 0.1) is 5.92 Å². The van der Waals surface area contributed by atoms with E-state index in [1.54, 1.807) is 6.08 Å². The molecule has 0 heterocycles. The molecule has 0 radical (unpaired) electrons. The molecular formula is C20H28O3. The van der Waals surface area contributed by atoms with Gasteiger partial charge in [-0.3, -0.25) is 9.59 Å². The molecule has 1 aliphatic carbocycles. The van der Waals surface area contributed by atoms with Crippen LogP contribution < -0.4 is 0 Å². The van der Waals surface area contributed by atoms with Gasteiger partial charge in [-0.2, -0.15) is 0 Å². The van der Waals surface area contributed by atoms with Crippen molar-refractivity contribution in [3.63, 3.8) is 0 Å². The zero-order chi connectivity index (χ0) is 16.9. The number of aliphatic carboxylic acids is 1. The van der Waals surface area contributed by atoms with E-state index in [0.29, 0.717) is 6.42 Å². The Morgan fingerprint density at radius 2 is 2.00 bits per heavy atom. The predicted molar refractivity (Wildman–Crippen MR) is 94.2 cm³/mol. The summed E-state index contributed by atoms with van der Waals surface area (Å²) in [5.41, 5.74) is 1.12.